The number of aliphatic carboxylic acids is 1. The summed E-state index contributed by atoms with van der Waals surface area (Å²) in [6, 6.07) is 13.1. The maximum Gasteiger partial charge on any atom is 0.321 e. The number of hydrogen-bond donors (Lipinski definition) is 4. The lowest BCUT2D eigenvalue weighted by Gasteiger charge is -2.15. The van der Waals surface area contributed by atoms with Crippen LogP contribution in [0.3, 0.4) is 0 Å². The highest BCUT2D eigenvalue weighted by Gasteiger charge is 2.17. The predicted molar refractivity (Wildman–Crippen MR) is 80.9 cm³/mol. The first-order valence-electron chi connectivity index (χ1n) is 6.63. The van der Waals surface area contributed by atoms with Gasteiger partial charge in [0, 0.05) is 12.2 Å². The summed E-state index contributed by atoms with van der Waals surface area (Å²) in [4.78, 5) is 11.3. The third kappa shape index (κ3) is 4.50. The van der Waals surface area contributed by atoms with Gasteiger partial charge in [-0.25, -0.2) is 0 Å². The molecule has 110 valence electrons. The standard InChI is InChI=1S/C16H18N2O3/c17-13-5-1-12(2-6-13)10-18-15(16(20)21)9-11-3-7-14(19)8-4-11/h1-8,15,18-19H,9-10,17H2,(H,20,21)/t15-/m0/s1. The summed E-state index contributed by atoms with van der Waals surface area (Å²) < 4.78 is 0. The summed E-state index contributed by atoms with van der Waals surface area (Å²) in [7, 11) is 0. The Hall–Kier alpha value is -2.53. The number of anilines is 1. The van der Waals surface area contributed by atoms with Crippen LogP contribution in [0.5, 0.6) is 5.75 Å². The molecule has 0 saturated heterocycles. The van der Waals surface area contributed by atoms with E-state index in [9.17, 15) is 15.0 Å². The molecular weight excluding hydrogens is 268 g/mol. The highest BCUT2D eigenvalue weighted by Crippen LogP contribution is 2.12. The average Bonchev–Trinajstić information content (AvgIpc) is 2.47. The topological polar surface area (TPSA) is 95.6 Å². The molecular formula is C16H18N2O3. The average molecular weight is 286 g/mol. The van der Waals surface area contributed by atoms with E-state index in [-0.39, 0.29) is 5.75 Å². The van der Waals surface area contributed by atoms with Crippen LogP contribution in [-0.4, -0.2) is 22.2 Å². The summed E-state index contributed by atoms with van der Waals surface area (Å²) in [6.45, 7) is 0.454. The van der Waals surface area contributed by atoms with E-state index in [0.717, 1.165) is 11.1 Å². The Bertz CT molecular complexity index is 594. The predicted octanol–water partition coefficient (Wildman–Crippen LogP) is 1.76. The molecule has 0 unspecified atom stereocenters. The number of carboxylic acid groups (broad SMARTS) is 1. The fourth-order valence-electron chi connectivity index (χ4n) is 1.99. The SMILES string of the molecule is Nc1ccc(CN[C@@H](Cc2ccc(O)cc2)C(=O)O)cc1. The van der Waals surface area contributed by atoms with E-state index in [4.69, 9.17) is 5.73 Å². The first kappa shape index (κ1) is 14.9. The molecule has 0 heterocycles. The molecule has 0 aliphatic rings. The van der Waals surface area contributed by atoms with E-state index >= 15 is 0 Å². The van der Waals surface area contributed by atoms with Gasteiger partial charge < -0.3 is 21.3 Å². The molecule has 5 heteroatoms. The molecule has 0 spiro atoms. The minimum absolute atomic E-state index is 0.167. The van der Waals surface area contributed by atoms with Crippen molar-refractivity contribution in [2.45, 2.75) is 19.0 Å². The van der Waals surface area contributed by atoms with E-state index in [1.807, 2.05) is 12.1 Å². The Morgan fingerprint density at radius 1 is 1.05 bits per heavy atom. The fraction of sp³-hybridized carbons (Fsp3) is 0.188. The minimum atomic E-state index is -0.904. The number of carboxylic acids is 1. The molecule has 0 amide bonds. The molecule has 0 aliphatic heterocycles. The normalized spacial score (nSPS) is 12.0. The van der Waals surface area contributed by atoms with Gasteiger partial charge in [-0.3, -0.25) is 4.79 Å². The number of nitrogens with one attached hydrogen (secondary N) is 1. The van der Waals surface area contributed by atoms with Gasteiger partial charge in [0.2, 0.25) is 0 Å². The van der Waals surface area contributed by atoms with Crippen molar-refractivity contribution in [2.24, 2.45) is 0 Å². The largest absolute Gasteiger partial charge is 0.508 e. The van der Waals surface area contributed by atoms with E-state index in [1.54, 1.807) is 36.4 Å². The third-order valence-electron chi connectivity index (χ3n) is 3.21. The molecule has 2 rings (SSSR count). The second-order valence-electron chi connectivity index (χ2n) is 4.88. The maximum absolute atomic E-state index is 11.3. The number of nitrogen functional groups attached to an aromatic ring is 1. The second kappa shape index (κ2) is 6.76. The monoisotopic (exact) mass is 286 g/mol. The molecule has 0 fully saturated rings. The number of nitrogens with two attached hydrogens (primary N) is 1. The molecule has 0 aromatic heterocycles. The Kier molecular flexibility index (Phi) is 4.79. The van der Waals surface area contributed by atoms with Crippen molar-refractivity contribution >= 4 is 11.7 Å². The van der Waals surface area contributed by atoms with E-state index in [1.165, 1.54) is 0 Å². The highest BCUT2D eigenvalue weighted by molar-refractivity contribution is 5.73. The number of phenols is 1. The van der Waals surface area contributed by atoms with Crippen molar-refractivity contribution in [1.82, 2.24) is 5.32 Å². The molecule has 1 atom stereocenters. The van der Waals surface area contributed by atoms with E-state index in [2.05, 4.69) is 5.32 Å². The van der Waals surface area contributed by atoms with Crippen LogP contribution in [0.2, 0.25) is 0 Å². The maximum atomic E-state index is 11.3. The van der Waals surface area contributed by atoms with E-state index in [0.29, 0.717) is 18.7 Å². The molecule has 0 aliphatic carbocycles. The van der Waals surface area contributed by atoms with Crippen LogP contribution in [0.4, 0.5) is 5.69 Å². The number of benzene rings is 2. The quantitative estimate of drug-likeness (QED) is 0.607. The van der Waals surface area contributed by atoms with E-state index < -0.39 is 12.0 Å². The lowest BCUT2D eigenvalue weighted by Crippen LogP contribution is -2.38. The highest BCUT2D eigenvalue weighted by atomic mass is 16.4. The number of carbonyl (C=O) groups is 1. The summed E-state index contributed by atoms with van der Waals surface area (Å²) >= 11 is 0. The molecule has 2 aromatic rings. The van der Waals surface area contributed by atoms with Crippen LogP contribution in [0.1, 0.15) is 11.1 Å². The van der Waals surface area contributed by atoms with Crippen LogP contribution in [0, 0.1) is 0 Å². The van der Waals surface area contributed by atoms with Gasteiger partial charge in [0.1, 0.15) is 11.8 Å². The van der Waals surface area contributed by atoms with Crippen molar-refractivity contribution in [2.75, 3.05) is 5.73 Å². The van der Waals surface area contributed by atoms with Crippen LogP contribution >= 0.6 is 0 Å². The lowest BCUT2D eigenvalue weighted by molar-refractivity contribution is -0.139. The Labute approximate surface area is 123 Å². The molecule has 0 bridgehead atoms. The number of phenolic OH excluding ortho intramolecular Hbond substituents is 1. The summed E-state index contributed by atoms with van der Waals surface area (Å²) in [5, 5.41) is 21.5. The molecule has 5 nitrogen and oxygen atoms in total. The van der Waals surface area contributed by atoms with Gasteiger partial charge in [-0.15, -0.1) is 0 Å². The zero-order chi connectivity index (χ0) is 15.2. The number of aromatic hydroxyl groups is 1. The second-order valence-corrected chi connectivity index (χ2v) is 4.88. The zero-order valence-corrected chi connectivity index (χ0v) is 11.5. The summed E-state index contributed by atoms with van der Waals surface area (Å²) in [5.74, 6) is -0.737. The lowest BCUT2D eigenvalue weighted by atomic mass is 10.1. The summed E-state index contributed by atoms with van der Waals surface area (Å²) in [6.07, 6.45) is 0.352. The summed E-state index contributed by atoms with van der Waals surface area (Å²) in [5.41, 5.74) is 8.11. The molecule has 2 aromatic carbocycles. The van der Waals surface area contributed by atoms with Crippen LogP contribution in [0.25, 0.3) is 0 Å². The van der Waals surface area contributed by atoms with Gasteiger partial charge in [0.25, 0.3) is 0 Å². The van der Waals surface area contributed by atoms with Crippen molar-refractivity contribution < 1.29 is 15.0 Å². The first-order valence-corrected chi connectivity index (χ1v) is 6.63. The first-order chi connectivity index (χ1) is 10.0. The van der Waals surface area contributed by atoms with Gasteiger partial charge in [-0.2, -0.15) is 0 Å². The van der Waals surface area contributed by atoms with Gasteiger partial charge in [0.05, 0.1) is 0 Å². The fourth-order valence-corrected chi connectivity index (χ4v) is 1.99. The molecule has 0 radical (unpaired) electrons. The van der Waals surface area contributed by atoms with Gasteiger partial charge >= 0.3 is 5.97 Å². The number of hydrogen-bond acceptors (Lipinski definition) is 4. The number of rotatable bonds is 6. The van der Waals surface area contributed by atoms with Crippen molar-refractivity contribution in [3.05, 3.63) is 59.7 Å². The van der Waals surface area contributed by atoms with Crippen molar-refractivity contribution in [1.29, 1.82) is 0 Å². The van der Waals surface area contributed by atoms with Gasteiger partial charge in [-0.1, -0.05) is 24.3 Å². The van der Waals surface area contributed by atoms with Crippen LogP contribution < -0.4 is 11.1 Å². The van der Waals surface area contributed by atoms with Crippen LogP contribution in [-0.2, 0) is 17.8 Å². The van der Waals surface area contributed by atoms with Crippen molar-refractivity contribution in [3.63, 3.8) is 0 Å². The smallest absolute Gasteiger partial charge is 0.321 e. The Morgan fingerprint density at radius 2 is 1.62 bits per heavy atom. The zero-order valence-electron chi connectivity index (χ0n) is 11.5. The van der Waals surface area contributed by atoms with Crippen molar-refractivity contribution in [3.8, 4) is 5.75 Å². The Balaban J connectivity index is 1.97. The van der Waals surface area contributed by atoms with Crippen LogP contribution in [0.15, 0.2) is 48.5 Å². The minimum Gasteiger partial charge on any atom is -0.508 e. The third-order valence-corrected chi connectivity index (χ3v) is 3.21. The molecule has 21 heavy (non-hydrogen) atoms. The molecule has 0 saturated carbocycles. The van der Waals surface area contributed by atoms with Gasteiger partial charge in [-0.05, 0) is 41.8 Å². The molecule has 5 N–H and O–H groups in total. The van der Waals surface area contributed by atoms with Gasteiger partial charge in [0.15, 0.2) is 0 Å². The Morgan fingerprint density at radius 3 is 2.19 bits per heavy atom.